The van der Waals surface area contributed by atoms with Crippen LogP contribution in [0.15, 0.2) is 0 Å². The van der Waals surface area contributed by atoms with E-state index in [9.17, 15) is 14.4 Å². The molecule has 2 amide bonds. The Morgan fingerprint density at radius 1 is 1.31 bits per heavy atom. The molecule has 0 aromatic heterocycles. The molecule has 0 radical (unpaired) electrons. The summed E-state index contributed by atoms with van der Waals surface area (Å²) in [5.41, 5.74) is 0. The van der Waals surface area contributed by atoms with Crippen LogP contribution in [0.3, 0.4) is 0 Å². The second-order valence-corrected chi connectivity index (χ2v) is 4.49. The quantitative estimate of drug-likeness (QED) is 0.728. The van der Waals surface area contributed by atoms with E-state index in [2.05, 4.69) is 0 Å². The van der Waals surface area contributed by atoms with Crippen molar-refractivity contribution in [2.24, 2.45) is 5.92 Å². The molecular formula is C11H17NO4. The summed E-state index contributed by atoms with van der Waals surface area (Å²) < 4.78 is 0. The van der Waals surface area contributed by atoms with Gasteiger partial charge in [-0.1, -0.05) is 13.8 Å². The maximum Gasteiger partial charge on any atom is 0.326 e. The number of likely N-dealkylation sites (tertiary alicyclic amines) is 1. The summed E-state index contributed by atoms with van der Waals surface area (Å²) >= 11 is 0. The van der Waals surface area contributed by atoms with E-state index in [1.807, 2.05) is 13.8 Å². The Hall–Kier alpha value is -1.39. The summed E-state index contributed by atoms with van der Waals surface area (Å²) in [4.78, 5) is 35.2. The highest BCUT2D eigenvalue weighted by atomic mass is 16.4. The molecule has 1 saturated heterocycles. The molecule has 1 unspecified atom stereocenters. The third kappa shape index (κ3) is 2.81. The van der Waals surface area contributed by atoms with Crippen molar-refractivity contribution in [3.63, 3.8) is 0 Å². The highest BCUT2D eigenvalue weighted by Crippen LogP contribution is 2.20. The number of carboxylic acids is 1. The maximum absolute atomic E-state index is 11.6. The monoisotopic (exact) mass is 227 g/mol. The van der Waals surface area contributed by atoms with Crippen LogP contribution in [0.1, 0.15) is 39.5 Å². The topological polar surface area (TPSA) is 74.7 Å². The number of aliphatic carboxylic acids is 1. The normalized spacial score (nSPS) is 19.1. The van der Waals surface area contributed by atoms with Gasteiger partial charge in [0.05, 0.1) is 0 Å². The molecule has 16 heavy (non-hydrogen) atoms. The molecule has 1 fully saturated rings. The van der Waals surface area contributed by atoms with E-state index in [0.29, 0.717) is 12.8 Å². The van der Waals surface area contributed by atoms with Crippen LogP contribution in [0.4, 0.5) is 0 Å². The summed E-state index contributed by atoms with van der Waals surface area (Å²) in [6.45, 7) is 3.74. The number of rotatable bonds is 4. The predicted octanol–water partition coefficient (Wildman–Crippen LogP) is 1.02. The van der Waals surface area contributed by atoms with Crippen LogP contribution in [-0.2, 0) is 14.4 Å². The third-order valence-corrected chi connectivity index (χ3v) is 2.61. The molecule has 0 aromatic rings. The highest BCUT2D eigenvalue weighted by Gasteiger charge is 2.36. The Labute approximate surface area is 94.4 Å². The fourth-order valence-corrected chi connectivity index (χ4v) is 1.88. The van der Waals surface area contributed by atoms with Gasteiger partial charge in [0.25, 0.3) is 0 Å². The largest absolute Gasteiger partial charge is 0.480 e. The Bertz CT molecular complexity index is 295. The van der Waals surface area contributed by atoms with Crippen LogP contribution in [0.2, 0.25) is 0 Å². The summed E-state index contributed by atoms with van der Waals surface area (Å²) in [5, 5.41) is 9.06. The number of amides is 2. The second kappa shape index (κ2) is 5.09. The Balaban J connectivity index is 2.86. The molecule has 1 N–H and O–H groups in total. The molecule has 90 valence electrons. The summed E-state index contributed by atoms with van der Waals surface area (Å²) in [5.74, 6) is -1.69. The molecule has 1 atom stereocenters. The van der Waals surface area contributed by atoms with Gasteiger partial charge in [-0.2, -0.15) is 0 Å². The van der Waals surface area contributed by atoms with E-state index >= 15 is 0 Å². The van der Waals surface area contributed by atoms with Crippen LogP contribution in [0.5, 0.6) is 0 Å². The number of carboxylic acid groups (broad SMARTS) is 1. The van der Waals surface area contributed by atoms with Gasteiger partial charge in [0.1, 0.15) is 6.04 Å². The average Bonchev–Trinajstić information content (AvgIpc) is 2.15. The lowest BCUT2D eigenvalue weighted by Gasteiger charge is -2.31. The van der Waals surface area contributed by atoms with Gasteiger partial charge in [0.2, 0.25) is 11.8 Å². The molecule has 1 heterocycles. The van der Waals surface area contributed by atoms with E-state index < -0.39 is 12.0 Å². The maximum atomic E-state index is 11.6. The van der Waals surface area contributed by atoms with Crippen molar-refractivity contribution in [1.82, 2.24) is 4.90 Å². The first-order valence-corrected chi connectivity index (χ1v) is 5.51. The molecular weight excluding hydrogens is 210 g/mol. The van der Waals surface area contributed by atoms with Gasteiger partial charge < -0.3 is 5.11 Å². The predicted molar refractivity (Wildman–Crippen MR) is 56.6 cm³/mol. The van der Waals surface area contributed by atoms with Gasteiger partial charge in [0.15, 0.2) is 0 Å². The van der Waals surface area contributed by atoms with Gasteiger partial charge >= 0.3 is 5.97 Å². The number of piperidine rings is 1. The zero-order valence-electron chi connectivity index (χ0n) is 9.60. The average molecular weight is 227 g/mol. The van der Waals surface area contributed by atoms with E-state index in [1.54, 1.807) is 0 Å². The van der Waals surface area contributed by atoms with Gasteiger partial charge in [-0.15, -0.1) is 0 Å². The lowest BCUT2D eigenvalue weighted by Crippen LogP contribution is -2.51. The molecule has 0 spiro atoms. The highest BCUT2D eigenvalue weighted by molar-refractivity contribution is 6.01. The van der Waals surface area contributed by atoms with Crippen molar-refractivity contribution in [1.29, 1.82) is 0 Å². The Morgan fingerprint density at radius 2 is 1.81 bits per heavy atom. The van der Waals surface area contributed by atoms with Crippen molar-refractivity contribution in [2.45, 2.75) is 45.6 Å². The van der Waals surface area contributed by atoms with Crippen molar-refractivity contribution < 1.29 is 19.5 Å². The fraction of sp³-hybridized carbons (Fsp3) is 0.727. The van der Waals surface area contributed by atoms with Crippen LogP contribution in [0, 0.1) is 5.92 Å². The van der Waals surface area contributed by atoms with Crippen molar-refractivity contribution >= 4 is 17.8 Å². The van der Waals surface area contributed by atoms with Crippen LogP contribution in [0.25, 0.3) is 0 Å². The molecule has 5 nitrogen and oxygen atoms in total. The first-order valence-electron chi connectivity index (χ1n) is 5.51. The smallest absolute Gasteiger partial charge is 0.326 e. The van der Waals surface area contributed by atoms with Gasteiger partial charge in [-0.3, -0.25) is 14.5 Å². The molecule has 0 aromatic carbocycles. The molecule has 0 aliphatic carbocycles. The Morgan fingerprint density at radius 3 is 2.19 bits per heavy atom. The first kappa shape index (κ1) is 12.7. The number of imide groups is 1. The zero-order valence-corrected chi connectivity index (χ0v) is 9.60. The molecule has 0 saturated carbocycles. The molecule has 1 aliphatic rings. The lowest BCUT2D eigenvalue weighted by atomic mass is 9.99. The molecule has 0 bridgehead atoms. The summed E-state index contributed by atoms with van der Waals surface area (Å²) in [7, 11) is 0. The minimum atomic E-state index is -1.10. The molecule has 5 heteroatoms. The van der Waals surface area contributed by atoms with Gasteiger partial charge in [-0.25, -0.2) is 4.79 Å². The lowest BCUT2D eigenvalue weighted by molar-refractivity contribution is -0.160. The van der Waals surface area contributed by atoms with E-state index in [4.69, 9.17) is 5.11 Å². The van der Waals surface area contributed by atoms with E-state index in [-0.39, 0.29) is 30.6 Å². The number of carbonyl (C=O) groups excluding carboxylic acids is 2. The Kier molecular flexibility index (Phi) is 4.04. The number of hydrogen-bond acceptors (Lipinski definition) is 3. The zero-order chi connectivity index (χ0) is 12.3. The van der Waals surface area contributed by atoms with Crippen LogP contribution < -0.4 is 0 Å². The fourth-order valence-electron chi connectivity index (χ4n) is 1.88. The van der Waals surface area contributed by atoms with Crippen LogP contribution in [-0.4, -0.2) is 33.8 Å². The first-order chi connectivity index (χ1) is 7.43. The minimum Gasteiger partial charge on any atom is -0.480 e. The van der Waals surface area contributed by atoms with E-state index in [0.717, 1.165) is 4.90 Å². The van der Waals surface area contributed by atoms with Gasteiger partial charge in [-0.05, 0) is 18.8 Å². The van der Waals surface area contributed by atoms with Gasteiger partial charge in [0, 0.05) is 12.8 Å². The molecule has 1 rings (SSSR count). The van der Waals surface area contributed by atoms with Crippen molar-refractivity contribution in [3.8, 4) is 0 Å². The molecule has 1 aliphatic heterocycles. The SMILES string of the molecule is CC(C)CC(C(=O)O)N1C(=O)CCCC1=O. The second-order valence-electron chi connectivity index (χ2n) is 4.49. The number of nitrogens with zero attached hydrogens (tertiary/aromatic N) is 1. The summed E-state index contributed by atoms with van der Waals surface area (Å²) in [6.07, 6.45) is 1.39. The van der Waals surface area contributed by atoms with Crippen molar-refractivity contribution in [3.05, 3.63) is 0 Å². The van der Waals surface area contributed by atoms with E-state index in [1.165, 1.54) is 0 Å². The number of hydrogen-bond donors (Lipinski definition) is 1. The van der Waals surface area contributed by atoms with Crippen molar-refractivity contribution in [2.75, 3.05) is 0 Å². The van der Waals surface area contributed by atoms with Crippen LogP contribution >= 0.6 is 0 Å². The summed E-state index contributed by atoms with van der Waals surface area (Å²) in [6, 6.07) is -1.000. The minimum absolute atomic E-state index is 0.128. The number of carbonyl (C=O) groups is 3. The standard InChI is InChI=1S/C11H17NO4/c1-7(2)6-8(11(15)16)12-9(13)4-3-5-10(12)14/h7-8H,3-6H2,1-2H3,(H,15,16). The third-order valence-electron chi connectivity index (χ3n) is 2.61.